The van der Waals surface area contributed by atoms with Crippen molar-refractivity contribution in [2.75, 3.05) is 6.54 Å². The van der Waals surface area contributed by atoms with Gasteiger partial charge in [0.15, 0.2) is 0 Å². The quantitative estimate of drug-likeness (QED) is 0.546. The number of thiophene rings is 1. The second kappa shape index (κ2) is 9.19. The number of rotatable bonds is 9. The van der Waals surface area contributed by atoms with Gasteiger partial charge < -0.3 is 5.32 Å². The molecule has 0 bridgehead atoms. The predicted molar refractivity (Wildman–Crippen MR) is 84.1 cm³/mol. The van der Waals surface area contributed by atoms with Gasteiger partial charge in [-0.15, -0.1) is 11.3 Å². The summed E-state index contributed by atoms with van der Waals surface area (Å²) in [6.45, 7) is 5.45. The van der Waals surface area contributed by atoms with E-state index < -0.39 is 0 Å². The summed E-state index contributed by atoms with van der Waals surface area (Å²) in [5.41, 5.74) is 1.18. The number of hydrogen-bond acceptors (Lipinski definition) is 2. The highest BCUT2D eigenvalue weighted by Gasteiger charge is 2.16. The van der Waals surface area contributed by atoms with Gasteiger partial charge in [0, 0.05) is 11.6 Å². The third kappa shape index (κ3) is 5.48. The number of unbranched alkanes of at least 4 members (excludes halogenated alkanes) is 3. The fourth-order valence-electron chi connectivity index (χ4n) is 2.05. The monoisotopic (exact) mass is 307 g/mol. The van der Waals surface area contributed by atoms with Gasteiger partial charge in [0.05, 0.1) is 8.67 Å². The Balaban J connectivity index is 2.56. The highest BCUT2D eigenvalue weighted by Crippen LogP contribution is 2.36. The van der Waals surface area contributed by atoms with Crippen molar-refractivity contribution >= 4 is 34.5 Å². The van der Waals surface area contributed by atoms with Crippen LogP contribution in [-0.2, 0) is 0 Å². The minimum absolute atomic E-state index is 0.359. The predicted octanol–water partition coefficient (Wildman–Crippen LogP) is 6.07. The first-order chi connectivity index (χ1) is 8.69. The van der Waals surface area contributed by atoms with Crippen LogP contribution in [0.1, 0.15) is 64.0 Å². The molecule has 0 spiro atoms. The SMILES string of the molecule is CCCCCCC(NCCC)c1cc(Cl)sc1Cl. The highest BCUT2D eigenvalue weighted by atomic mass is 35.5. The normalized spacial score (nSPS) is 12.9. The molecule has 1 aromatic rings. The molecule has 1 N–H and O–H groups in total. The lowest BCUT2D eigenvalue weighted by atomic mass is 10.0. The third-order valence-electron chi connectivity index (χ3n) is 3.05. The molecule has 1 heterocycles. The average molecular weight is 308 g/mol. The lowest BCUT2D eigenvalue weighted by molar-refractivity contribution is 0.471. The first-order valence-corrected chi connectivity index (χ1v) is 8.44. The Kier molecular flexibility index (Phi) is 8.32. The van der Waals surface area contributed by atoms with E-state index in [1.54, 1.807) is 0 Å². The van der Waals surface area contributed by atoms with E-state index in [-0.39, 0.29) is 0 Å². The largest absolute Gasteiger partial charge is 0.310 e. The topological polar surface area (TPSA) is 12.0 Å². The Hall–Kier alpha value is 0.240. The van der Waals surface area contributed by atoms with Crippen LogP contribution in [0.3, 0.4) is 0 Å². The number of halogens is 2. The van der Waals surface area contributed by atoms with Crippen LogP contribution in [0.15, 0.2) is 6.07 Å². The zero-order valence-corrected chi connectivity index (χ0v) is 13.6. The van der Waals surface area contributed by atoms with Crippen molar-refractivity contribution < 1.29 is 0 Å². The Morgan fingerprint density at radius 2 is 1.94 bits per heavy atom. The van der Waals surface area contributed by atoms with E-state index in [0.29, 0.717) is 6.04 Å². The summed E-state index contributed by atoms with van der Waals surface area (Å²) >= 11 is 13.8. The maximum atomic E-state index is 6.25. The van der Waals surface area contributed by atoms with Gasteiger partial charge >= 0.3 is 0 Å². The van der Waals surface area contributed by atoms with E-state index in [9.17, 15) is 0 Å². The van der Waals surface area contributed by atoms with Crippen molar-refractivity contribution in [3.05, 3.63) is 20.3 Å². The summed E-state index contributed by atoms with van der Waals surface area (Å²) in [6, 6.07) is 2.37. The van der Waals surface area contributed by atoms with Crippen LogP contribution in [0.4, 0.5) is 0 Å². The van der Waals surface area contributed by atoms with E-state index in [1.807, 2.05) is 6.07 Å². The van der Waals surface area contributed by atoms with Gasteiger partial charge in [-0.05, 0) is 25.5 Å². The molecule has 0 amide bonds. The molecule has 1 atom stereocenters. The van der Waals surface area contributed by atoms with Gasteiger partial charge in [-0.25, -0.2) is 0 Å². The van der Waals surface area contributed by atoms with Crippen molar-refractivity contribution in [2.24, 2.45) is 0 Å². The van der Waals surface area contributed by atoms with Crippen LogP contribution in [0, 0.1) is 0 Å². The van der Waals surface area contributed by atoms with Gasteiger partial charge in [-0.2, -0.15) is 0 Å². The molecule has 1 nitrogen and oxygen atoms in total. The molecule has 0 aromatic carbocycles. The van der Waals surface area contributed by atoms with Crippen LogP contribution in [0.5, 0.6) is 0 Å². The van der Waals surface area contributed by atoms with Gasteiger partial charge in [0.1, 0.15) is 0 Å². The summed E-state index contributed by atoms with van der Waals surface area (Å²) in [6.07, 6.45) is 7.43. The second-order valence-corrected chi connectivity index (χ2v) is 6.92. The fraction of sp³-hybridized carbons (Fsp3) is 0.714. The Morgan fingerprint density at radius 3 is 2.50 bits per heavy atom. The van der Waals surface area contributed by atoms with E-state index in [4.69, 9.17) is 23.2 Å². The summed E-state index contributed by atoms with van der Waals surface area (Å²) in [4.78, 5) is 0. The molecule has 0 radical (unpaired) electrons. The minimum atomic E-state index is 0.359. The molecular weight excluding hydrogens is 285 g/mol. The van der Waals surface area contributed by atoms with Crippen LogP contribution in [0.2, 0.25) is 8.67 Å². The molecule has 0 aliphatic carbocycles. The molecule has 1 unspecified atom stereocenters. The Bertz CT molecular complexity index is 339. The van der Waals surface area contributed by atoms with Crippen molar-refractivity contribution in [1.82, 2.24) is 5.32 Å². The molecule has 0 fully saturated rings. The maximum Gasteiger partial charge on any atom is 0.0991 e. The summed E-state index contributed by atoms with van der Waals surface area (Å²) in [5.74, 6) is 0. The first kappa shape index (κ1) is 16.3. The van der Waals surface area contributed by atoms with Gasteiger partial charge in [0.2, 0.25) is 0 Å². The highest BCUT2D eigenvalue weighted by molar-refractivity contribution is 7.20. The molecule has 0 aliphatic heterocycles. The lowest BCUT2D eigenvalue weighted by Gasteiger charge is -2.18. The molecule has 1 rings (SSSR count). The van der Waals surface area contributed by atoms with Crippen molar-refractivity contribution in [1.29, 1.82) is 0 Å². The van der Waals surface area contributed by atoms with E-state index >= 15 is 0 Å². The van der Waals surface area contributed by atoms with Crippen molar-refractivity contribution in [3.8, 4) is 0 Å². The molecular formula is C14H23Cl2NS. The zero-order chi connectivity index (χ0) is 13.4. The first-order valence-electron chi connectivity index (χ1n) is 6.87. The summed E-state index contributed by atoms with van der Waals surface area (Å²) in [5, 5.41) is 3.58. The Labute approximate surface area is 125 Å². The molecule has 0 aliphatic rings. The van der Waals surface area contributed by atoms with Crippen LogP contribution >= 0.6 is 34.5 Å². The number of hydrogen-bond donors (Lipinski definition) is 1. The van der Waals surface area contributed by atoms with Crippen LogP contribution < -0.4 is 5.32 Å². The molecule has 4 heteroatoms. The molecule has 0 saturated carbocycles. The molecule has 1 aromatic heterocycles. The third-order valence-corrected chi connectivity index (χ3v) is 4.56. The van der Waals surface area contributed by atoms with Gasteiger partial charge in [-0.1, -0.05) is 62.7 Å². The van der Waals surface area contributed by atoms with Crippen molar-refractivity contribution in [2.45, 2.75) is 58.4 Å². The van der Waals surface area contributed by atoms with Crippen LogP contribution in [-0.4, -0.2) is 6.54 Å². The lowest BCUT2D eigenvalue weighted by Crippen LogP contribution is -2.22. The smallest absolute Gasteiger partial charge is 0.0991 e. The van der Waals surface area contributed by atoms with Crippen LogP contribution in [0.25, 0.3) is 0 Å². The van der Waals surface area contributed by atoms with Gasteiger partial charge in [0.25, 0.3) is 0 Å². The van der Waals surface area contributed by atoms with Crippen molar-refractivity contribution in [3.63, 3.8) is 0 Å². The minimum Gasteiger partial charge on any atom is -0.310 e. The summed E-state index contributed by atoms with van der Waals surface area (Å²) in [7, 11) is 0. The van der Waals surface area contributed by atoms with E-state index in [1.165, 1.54) is 42.6 Å². The van der Waals surface area contributed by atoms with E-state index in [0.717, 1.165) is 28.1 Å². The second-order valence-electron chi connectivity index (χ2n) is 4.64. The summed E-state index contributed by atoms with van der Waals surface area (Å²) < 4.78 is 1.62. The molecule has 0 saturated heterocycles. The average Bonchev–Trinajstić information content (AvgIpc) is 2.68. The Morgan fingerprint density at radius 1 is 1.17 bits per heavy atom. The zero-order valence-electron chi connectivity index (χ0n) is 11.3. The molecule has 18 heavy (non-hydrogen) atoms. The van der Waals surface area contributed by atoms with E-state index in [2.05, 4.69) is 19.2 Å². The maximum absolute atomic E-state index is 6.25. The van der Waals surface area contributed by atoms with Gasteiger partial charge in [-0.3, -0.25) is 0 Å². The number of nitrogens with one attached hydrogen (secondary N) is 1. The fourth-order valence-corrected chi connectivity index (χ4v) is 3.63. The standard InChI is InChI=1S/C14H23Cl2NS/c1-3-5-6-7-8-12(17-9-4-2)11-10-13(15)18-14(11)16/h10,12,17H,3-9H2,1-2H3. The molecule has 104 valence electrons.